The molecule has 1 heterocycles. The molecule has 0 atom stereocenters. The van der Waals surface area contributed by atoms with Crippen molar-refractivity contribution in [2.45, 2.75) is 19.3 Å². The molecule has 3 aromatic rings. The monoisotopic (exact) mass is 317 g/mol. The molecule has 1 aliphatic carbocycles. The van der Waals surface area contributed by atoms with Gasteiger partial charge in [-0.15, -0.1) is 0 Å². The molecule has 0 bridgehead atoms. The van der Waals surface area contributed by atoms with Gasteiger partial charge >= 0.3 is 0 Å². The second-order valence-electron chi connectivity index (χ2n) is 5.94. The molecule has 0 amide bonds. The number of hydrazone groups is 1. The van der Waals surface area contributed by atoms with Crippen molar-refractivity contribution < 1.29 is 4.74 Å². The highest BCUT2D eigenvalue weighted by Gasteiger charge is 2.16. The predicted octanol–water partition coefficient (Wildman–Crippen LogP) is 4.40. The fourth-order valence-corrected chi connectivity index (χ4v) is 3.14. The van der Waals surface area contributed by atoms with Gasteiger partial charge in [0.1, 0.15) is 11.6 Å². The molecule has 4 rings (SSSR count). The Hall–Kier alpha value is -2.88. The quantitative estimate of drug-likeness (QED) is 0.729. The van der Waals surface area contributed by atoms with E-state index in [-0.39, 0.29) is 0 Å². The minimum Gasteiger partial charge on any atom is -0.497 e. The normalized spacial score (nSPS) is 15.3. The first-order valence-electron chi connectivity index (χ1n) is 8.19. The summed E-state index contributed by atoms with van der Waals surface area (Å²) < 4.78 is 5.32. The van der Waals surface area contributed by atoms with E-state index in [1.165, 1.54) is 11.1 Å². The summed E-state index contributed by atoms with van der Waals surface area (Å²) in [4.78, 5) is 4.60. The van der Waals surface area contributed by atoms with Gasteiger partial charge in [0.2, 0.25) is 0 Å². The maximum atomic E-state index is 5.32. The van der Waals surface area contributed by atoms with Gasteiger partial charge in [0, 0.05) is 10.9 Å². The minimum atomic E-state index is 0.766. The Bertz CT molecular complexity index is 918. The van der Waals surface area contributed by atoms with E-state index >= 15 is 0 Å². The highest BCUT2D eigenvalue weighted by Crippen LogP contribution is 2.26. The molecule has 2 aromatic carbocycles. The molecule has 0 radical (unpaired) electrons. The number of fused-ring (bicyclic) bond motifs is 2. The average molecular weight is 317 g/mol. The standard InChI is InChI=1S/C20H19N3O/c1-24-16-10-11-17-15(13-16)6-4-8-19(17)22-23-20-12-9-14-5-2-3-7-18(14)21-20/h2-3,5,7,9-13H,4,6,8H2,1H3,(H,21,23)/b22-19-. The second-order valence-corrected chi connectivity index (χ2v) is 5.94. The average Bonchev–Trinajstić information content (AvgIpc) is 2.65. The molecule has 24 heavy (non-hydrogen) atoms. The number of nitrogens with one attached hydrogen (secondary N) is 1. The van der Waals surface area contributed by atoms with Crippen LogP contribution in [0.25, 0.3) is 10.9 Å². The lowest BCUT2D eigenvalue weighted by atomic mass is 9.90. The fraction of sp³-hybridized carbons (Fsp3) is 0.200. The topological polar surface area (TPSA) is 46.5 Å². The molecule has 0 saturated heterocycles. The molecule has 1 aliphatic rings. The molecule has 1 N–H and O–H groups in total. The molecule has 0 saturated carbocycles. The number of hydrogen-bond donors (Lipinski definition) is 1. The lowest BCUT2D eigenvalue weighted by Gasteiger charge is -2.18. The Kier molecular flexibility index (Phi) is 3.87. The smallest absolute Gasteiger partial charge is 0.146 e. The predicted molar refractivity (Wildman–Crippen MR) is 97.8 cm³/mol. The minimum absolute atomic E-state index is 0.766. The summed E-state index contributed by atoms with van der Waals surface area (Å²) >= 11 is 0. The highest BCUT2D eigenvalue weighted by atomic mass is 16.5. The van der Waals surface area contributed by atoms with Crippen LogP contribution in [0.5, 0.6) is 5.75 Å². The number of nitrogens with zero attached hydrogens (tertiary/aromatic N) is 2. The maximum Gasteiger partial charge on any atom is 0.146 e. The van der Waals surface area contributed by atoms with Gasteiger partial charge in [-0.05, 0) is 61.2 Å². The van der Waals surface area contributed by atoms with Crippen LogP contribution < -0.4 is 10.2 Å². The second kappa shape index (κ2) is 6.32. The first-order chi connectivity index (χ1) is 11.8. The van der Waals surface area contributed by atoms with E-state index in [0.29, 0.717) is 0 Å². The van der Waals surface area contributed by atoms with Gasteiger partial charge in [-0.2, -0.15) is 5.10 Å². The van der Waals surface area contributed by atoms with E-state index in [1.807, 2.05) is 30.3 Å². The molecule has 0 spiro atoms. The van der Waals surface area contributed by atoms with Gasteiger partial charge < -0.3 is 4.74 Å². The van der Waals surface area contributed by atoms with Crippen molar-refractivity contribution in [2.75, 3.05) is 12.5 Å². The van der Waals surface area contributed by atoms with Crippen LogP contribution >= 0.6 is 0 Å². The van der Waals surface area contributed by atoms with Gasteiger partial charge in [-0.3, -0.25) is 5.43 Å². The van der Waals surface area contributed by atoms with Crippen LogP contribution in [0.4, 0.5) is 5.82 Å². The number of ether oxygens (including phenoxy) is 1. The number of pyridine rings is 1. The van der Waals surface area contributed by atoms with Crippen molar-refractivity contribution in [1.82, 2.24) is 4.98 Å². The molecule has 0 aliphatic heterocycles. The van der Waals surface area contributed by atoms with Crippen molar-refractivity contribution in [3.8, 4) is 5.75 Å². The third-order valence-electron chi connectivity index (χ3n) is 4.39. The third-order valence-corrected chi connectivity index (χ3v) is 4.39. The largest absolute Gasteiger partial charge is 0.497 e. The molecule has 1 aromatic heterocycles. The van der Waals surface area contributed by atoms with E-state index in [4.69, 9.17) is 4.74 Å². The van der Waals surface area contributed by atoms with Crippen molar-refractivity contribution in [3.05, 3.63) is 65.7 Å². The summed E-state index contributed by atoms with van der Waals surface area (Å²) in [6.45, 7) is 0. The van der Waals surface area contributed by atoms with Gasteiger partial charge in [0.05, 0.1) is 18.3 Å². The van der Waals surface area contributed by atoms with Crippen LogP contribution in [0, 0.1) is 0 Å². The van der Waals surface area contributed by atoms with Crippen molar-refractivity contribution >= 4 is 22.4 Å². The zero-order valence-corrected chi connectivity index (χ0v) is 13.6. The van der Waals surface area contributed by atoms with E-state index in [1.54, 1.807) is 7.11 Å². The molecular weight excluding hydrogens is 298 g/mol. The van der Waals surface area contributed by atoms with E-state index in [2.05, 4.69) is 39.8 Å². The first kappa shape index (κ1) is 14.7. The number of hydrogen-bond acceptors (Lipinski definition) is 4. The summed E-state index contributed by atoms with van der Waals surface area (Å²) in [5.74, 6) is 1.67. The Balaban J connectivity index is 1.62. The number of aromatic nitrogens is 1. The van der Waals surface area contributed by atoms with E-state index in [0.717, 1.165) is 47.4 Å². The Morgan fingerprint density at radius 1 is 1.04 bits per heavy atom. The van der Waals surface area contributed by atoms with Crippen LogP contribution in [0.3, 0.4) is 0 Å². The SMILES string of the molecule is COc1ccc2c(c1)CCC/C2=N/Nc1ccc2ccccc2n1. The number of anilines is 1. The van der Waals surface area contributed by atoms with Gasteiger partial charge in [0.25, 0.3) is 0 Å². The van der Waals surface area contributed by atoms with Crippen LogP contribution in [-0.4, -0.2) is 17.8 Å². The van der Waals surface area contributed by atoms with Crippen molar-refractivity contribution in [1.29, 1.82) is 0 Å². The zero-order valence-electron chi connectivity index (χ0n) is 13.6. The summed E-state index contributed by atoms with van der Waals surface area (Å²) in [6.07, 6.45) is 3.14. The van der Waals surface area contributed by atoms with E-state index in [9.17, 15) is 0 Å². The van der Waals surface area contributed by atoms with Gasteiger partial charge in [0.15, 0.2) is 0 Å². The Morgan fingerprint density at radius 2 is 1.96 bits per heavy atom. The molecule has 4 nitrogen and oxygen atoms in total. The number of rotatable bonds is 3. The van der Waals surface area contributed by atoms with Crippen LogP contribution in [0.2, 0.25) is 0 Å². The number of methoxy groups -OCH3 is 1. The van der Waals surface area contributed by atoms with Gasteiger partial charge in [-0.25, -0.2) is 4.98 Å². The molecule has 4 heteroatoms. The number of aryl methyl sites for hydroxylation is 1. The molecule has 0 fully saturated rings. The fourth-order valence-electron chi connectivity index (χ4n) is 3.14. The number of para-hydroxylation sites is 1. The number of benzene rings is 2. The van der Waals surface area contributed by atoms with Crippen LogP contribution in [-0.2, 0) is 6.42 Å². The zero-order chi connectivity index (χ0) is 16.4. The molecule has 0 unspecified atom stereocenters. The van der Waals surface area contributed by atoms with Crippen molar-refractivity contribution in [2.24, 2.45) is 5.10 Å². The summed E-state index contributed by atoms with van der Waals surface area (Å²) in [7, 11) is 1.70. The summed E-state index contributed by atoms with van der Waals surface area (Å²) in [6, 6.07) is 18.3. The summed E-state index contributed by atoms with van der Waals surface area (Å²) in [5, 5.41) is 5.75. The lowest BCUT2D eigenvalue weighted by Crippen LogP contribution is -2.13. The van der Waals surface area contributed by atoms with Crippen LogP contribution in [0.1, 0.15) is 24.0 Å². The van der Waals surface area contributed by atoms with Crippen molar-refractivity contribution in [3.63, 3.8) is 0 Å². The Morgan fingerprint density at radius 3 is 2.88 bits per heavy atom. The van der Waals surface area contributed by atoms with E-state index < -0.39 is 0 Å². The van der Waals surface area contributed by atoms with Crippen LogP contribution in [0.15, 0.2) is 59.7 Å². The Labute approximate surface area is 141 Å². The van der Waals surface area contributed by atoms with Gasteiger partial charge in [-0.1, -0.05) is 18.2 Å². The summed E-state index contributed by atoms with van der Waals surface area (Å²) in [5.41, 5.74) is 7.67. The lowest BCUT2D eigenvalue weighted by molar-refractivity contribution is 0.414. The first-order valence-corrected chi connectivity index (χ1v) is 8.19. The molecule has 120 valence electrons. The highest BCUT2D eigenvalue weighted by molar-refractivity contribution is 6.03. The third kappa shape index (κ3) is 2.83. The maximum absolute atomic E-state index is 5.32. The molecular formula is C20H19N3O.